The van der Waals surface area contributed by atoms with Crippen LogP contribution >= 0.6 is 11.7 Å². The minimum absolute atomic E-state index is 0.0429. The minimum atomic E-state index is 0.0429. The summed E-state index contributed by atoms with van der Waals surface area (Å²) < 4.78 is 14.1. The van der Waals surface area contributed by atoms with Crippen LogP contribution in [0.1, 0.15) is 30.8 Å². The van der Waals surface area contributed by atoms with Crippen LogP contribution in [-0.2, 0) is 4.74 Å². The molecule has 0 radical (unpaired) electrons. The van der Waals surface area contributed by atoms with Gasteiger partial charge in [-0.3, -0.25) is 0 Å². The first-order chi connectivity index (χ1) is 6.88. The number of fused-ring (bicyclic) bond motifs is 3. The Morgan fingerprint density at radius 3 is 3.29 bits per heavy atom. The highest BCUT2D eigenvalue weighted by molar-refractivity contribution is 6.99. The lowest BCUT2D eigenvalue weighted by Gasteiger charge is -2.15. The average Bonchev–Trinajstić information content (AvgIpc) is 2.82. The molecule has 1 aliphatic carbocycles. The van der Waals surface area contributed by atoms with E-state index in [1.165, 1.54) is 11.7 Å². The number of rotatable bonds is 1. The van der Waals surface area contributed by atoms with Crippen molar-refractivity contribution in [2.45, 2.75) is 25.5 Å². The van der Waals surface area contributed by atoms with E-state index in [1.54, 1.807) is 0 Å². The molecule has 0 bridgehead atoms. The van der Waals surface area contributed by atoms with E-state index in [4.69, 9.17) is 4.74 Å². The SMILES string of the molecule is CCC1=N[C@H]2c3nsnc3C=C[C@@H]2O1. The van der Waals surface area contributed by atoms with Gasteiger partial charge in [0, 0.05) is 6.42 Å². The van der Waals surface area contributed by atoms with Crippen LogP contribution in [0.3, 0.4) is 0 Å². The van der Waals surface area contributed by atoms with Crippen molar-refractivity contribution in [1.82, 2.24) is 8.75 Å². The lowest BCUT2D eigenvalue weighted by atomic mass is 10.0. The topological polar surface area (TPSA) is 47.4 Å². The maximum absolute atomic E-state index is 5.64. The second-order valence-electron chi connectivity index (χ2n) is 3.30. The molecule has 4 nitrogen and oxygen atoms in total. The molecule has 0 fully saturated rings. The predicted octanol–water partition coefficient (Wildman–Crippen LogP) is 1.81. The van der Waals surface area contributed by atoms with Crippen molar-refractivity contribution >= 4 is 23.7 Å². The average molecular weight is 207 g/mol. The number of aliphatic imine (C=N–C) groups is 1. The lowest BCUT2D eigenvalue weighted by Crippen LogP contribution is -2.17. The van der Waals surface area contributed by atoms with Crippen LogP contribution in [0.2, 0.25) is 0 Å². The van der Waals surface area contributed by atoms with Crippen molar-refractivity contribution in [1.29, 1.82) is 0 Å². The van der Waals surface area contributed by atoms with E-state index in [2.05, 4.69) is 13.7 Å². The third-order valence-electron chi connectivity index (χ3n) is 2.43. The molecule has 1 aromatic rings. The van der Waals surface area contributed by atoms with Gasteiger partial charge in [0.05, 0.1) is 11.7 Å². The predicted molar refractivity (Wildman–Crippen MR) is 54.3 cm³/mol. The smallest absolute Gasteiger partial charge is 0.184 e. The zero-order valence-corrected chi connectivity index (χ0v) is 8.49. The number of hydrogen-bond acceptors (Lipinski definition) is 5. The molecule has 72 valence electrons. The number of aromatic nitrogens is 2. The van der Waals surface area contributed by atoms with Crippen LogP contribution in [0, 0.1) is 0 Å². The Hall–Kier alpha value is -1.23. The van der Waals surface area contributed by atoms with Gasteiger partial charge in [0.15, 0.2) is 5.90 Å². The monoisotopic (exact) mass is 207 g/mol. The summed E-state index contributed by atoms with van der Waals surface area (Å²) in [6.45, 7) is 2.04. The highest BCUT2D eigenvalue weighted by Gasteiger charge is 2.35. The van der Waals surface area contributed by atoms with E-state index in [-0.39, 0.29) is 12.1 Å². The quantitative estimate of drug-likeness (QED) is 0.705. The normalized spacial score (nSPS) is 27.9. The van der Waals surface area contributed by atoms with E-state index in [0.29, 0.717) is 0 Å². The molecule has 1 aromatic heterocycles. The summed E-state index contributed by atoms with van der Waals surface area (Å²) in [4.78, 5) is 4.49. The minimum Gasteiger partial charge on any atom is -0.471 e. The summed E-state index contributed by atoms with van der Waals surface area (Å²) in [5.74, 6) is 0.825. The Morgan fingerprint density at radius 2 is 2.43 bits per heavy atom. The number of ether oxygens (including phenoxy) is 1. The fraction of sp³-hybridized carbons (Fsp3) is 0.444. The van der Waals surface area contributed by atoms with Crippen LogP contribution in [0.15, 0.2) is 11.1 Å². The molecule has 2 heterocycles. The highest BCUT2D eigenvalue weighted by Crippen LogP contribution is 2.35. The third kappa shape index (κ3) is 1.02. The summed E-state index contributed by atoms with van der Waals surface area (Å²) in [6, 6.07) is 0.0451. The van der Waals surface area contributed by atoms with Crippen molar-refractivity contribution < 1.29 is 4.74 Å². The summed E-state index contributed by atoms with van der Waals surface area (Å²) >= 11 is 1.24. The Morgan fingerprint density at radius 1 is 1.50 bits per heavy atom. The lowest BCUT2D eigenvalue weighted by molar-refractivity contribution is 0.235. The van der Waals surface area contributed by atoms with Crippen molar-refractivity contribution in [2.75, 3.05) is 0 Å². The van der Waals surface area contributed by atoms with Crippen molar-refractivity contribution in [2.24, 2.45) is 4.99 Å². The van der Waals surface area contributed by atoms with Gasteiger partial charge in [0.1, 0.15) is 23.5 Å². The zero-order valence-electron chi connectivity index (χ0n) is 7.67. The van der Waals surface area contributed by atoms with Gasteiger partial charge in [-0.15, -0.1) is 0 Å². The summed E-state index contributed by atoms with van der Waals surface area (Å²) in [6.07, 6.45) is 4.86. The van der Waals surface area contributed by atoms with Crippen molar-refractivity contribution in [3.05, 3.63) is 17.5 Å². The Kier molecular flexibility index (Phi) is 1.67. The van der Waals surface area contributed by atoms with Crippen LogP contribution in [0.5, 0.6) is 0 Å². The van der Waals surface area contributed by atoms with Crippen LogP contribution in [0.25, 0.3) is 6.08 Å². The molecule has 0 aromatic carbocycles. The Balaban J connectivity index is 2.05. The van der Waals surface area contributed by atoms with Gasteiger partial charge in [0.25, 0.3) is 0 Å². The van der Waals surface area contributed by atoms with Gasteiger partial charge in [0.2, 0.25) is 0 Å². The van der Waals surface area contributed by atoms with Crippen molar-refractivity contribution in [3.8, 4) is 0 Å². The molecule has 0 unspecified atom stereocenters. The first kappa shape index (κ1) is 8.11. The molecule has 0 saturated heterocycles. The van der Waals surface area contributed by atoms with Crippen LogP contribution in [0.4, 0.5) is 0 Å². The summed E-state index contributed by atoms with van der Waals surface area (Å²) in [7, 11) is 0. The third-order valence-corrected chi connectivity index (χ3v) is 2.99. The van der Waals surface area contributed by atoms with E-state index in [9.17, 15) is 0 Å². The van der Waals surface area contributed by atoms with Crippen molar-refractivity contribution in [3.63, 3.8) is 0 Å². The highest BCUT2D eigenvalue weighted by atomic mass is 32.1. The standard InChI is InChI=1S/C9H9N3OS/c1-2-7-10-9-6(13-7)4-3-5-8(9)12-14-11-5/h3-4,6,9H,2H2,1H3/t6-,9+/m0/s1. The molecule has 2 aliphatic rings. The second-order valence-corrected chi connectivity index (χ2v) is 3.83. The molecular formula is C9H9N3OS. The molecular weight excluding hydrogens is 198 g/mol. The van der Waals surface area contributed by atoms with E-state index >= 15 is 0 Å². The molecule has 14 heavy (non-hydrogen) atoms. The number of nitrogens with zero attached hydrogens (tertiary/aromatic N) is 3. The largest absolute Gasteiger partial charge is 0.471 e. The van der Waals surface area contributed by atoms with E-state index in [0.717, 1.165) is 23.7 Å². The van der Waals surface area contributed by atoms with Gasteiger partial charge < -0.3 is 4.74 Å². The second kappa shape index (κ2) is 2.88. The molecule has 0 N–H and O–H groups in total. The van der Waals surface area contributed by atoms with Gasteiger partial charge in [-0.1, -0.05) is 6.92 Å². The van der Waals surface area contributed by atoms with E-state index in [1.807, 2.05) is 19.1 Å². The summed E-state index contributed by atoms with van der Waals surface area (Å²) in [5, 5.41) is 0. The maximum atomic E-state index is 5.64. The van der Waals surface area contributed by atoms with Gasteiger partial charge in [-0.2, -0.15) is 8.75 Å². The Labute approximate surface area is 85.7 Å². The van der Waals surface area contributed by atoms with Crippen LogP contribution in [-0.4, -0.2) is 20.7 Å². The molecule has 3 rings (SSSR count). The molecule has 2 atom stereocenters. The van der Waals surface area contributed by atoms with Crippen LogP contribution < -0.4 is 0 Å². The van der Waals surface area contributed by atoms with Gasteiger partial charge in [-0.25, -0.2) is 4.99 Å². The van der Waals surface area contributed by atoms with E-state index < -0.39 is 0 Å². The molecule has 5 heteroatoms. The molecule has 0 amide bonds. The Bertz CT molecular complexity index is 423. The first-order valence-corrected chi connectivity index (χ1v) is 5.35. The molecule has 0 spiro atoms. The number of hydrogen-bond donors (Lipinski definition) is 0. The first-order valence-electron chi connectivity index (χ1n) is 4.62. The maximum Gasteiger partial charge on any atom is 0.184 e. The molecule has 0 saturated carbocycles. The summed E-state index contributed by atoms with van der Waals surface area (Å²) in [5.41, 5.74) is 1.91. The van der Waals surface area contributed by atoms with Gasteiger partial charge >= 0.3 is 0 Å². The fourth-order valence-electron chi connectivity index (χ4n) is 1.73. The fourth-order valence-corrected chi connectivity index (χ4v) is 2.30. The zero-order chi connectivity index (χ0) is 9.54. The molecule has 1 aliphatic heterocycles. The van der Waals surface area contributed by atoms with Gasteiger partial charge in [-0.05, 0) is 12.2 Å².